The summed E-state index contributed by atoms with van der Waals surface area (Å²) in [5.41, 5.74) is 17.3. The minimum atomic E-state index is -0.393. The number of thioether (sulfide) groups is 1. The number of nitrogens with zero attached hydrogens (tertiary/aromatic N) is 5. The second-order valence-electron chi connectivity index (χ2n) is 4.38. The number of aliphatic imine (C=N–C) groups is 3. The smallest absolute Gasteiger partial charge is 0.216 e. The number of aromatic nitrogens is 2. The van der Waals surface area contributed by atoms with Crippen LogP contribution in [0.3, 0.4) is 0 Å². The lowest BCUT2D eigenvalue weighted by Crippen LogP contribution is -2.14. The Kier molecular flexibility index (Phi) is 6.89. The van der Waals surface area contributed by atoms with Gasteiger partial charge in [0.1, 0.15) is 5.82 Å². The van der Waals surface area contributed by atoms with Gasteiger partial charge >= 0.3 is 0 Å². The predicted octanol–water partition coefficient (Wildman–Crippen LogP) is 1.40. The Morgan fingerprint density at radius 3 is 2.88 bits per heavy atom. The third-order valence-electron chi connectivity index (χ3n) is 2.66. The highest BCUT2D eigenvalue weighted by Gasteiger charge is 2.14. The maximum Gasteiger partial charge on any atom is 0.216 e. The number of halogens is 2. The zero-order valence-electron chi connectivity index (χ0n) is 12.8. The Balaban J connectivity index is 2.05. The molecular weight excluding hydrogens is 415 g/mol. The molecule has 0 bridgehead atoms. The summed E-state index contributed by atoms with van der Waals surface area (Å²) in [5, 5.41) is 7.98. The van der Waals surface area contributed by atoms with Crippen molar-refractivity contribution >= 4 is 51.5 Å². The molecule has 12 heteroatoms. The number of benzene rings is 1. The van der Waals surface area contributed by atoms with Gasteiger partial charge in [-0.25, -0.2) is 19.0 Å². The molecule has 0 fully saturated rings. The number of hydrogen-bond donors (Lipinski definition) is 3. The Hall–Kier alpha value is -2.47. The van der Waals surface area contributed by atoms with Crippen molar-refractivity contribution in [3.63, 3.8) is 0 Å². The molecule has 0 aliphatic heterocycles. The van der Waals surface area contributed by atoms with E-state index in [9.17, 15) is 4.39 Å². The molecule has 2 rings (SSSR count). The van der Waals surface area contributed by atoms with Crippen LogP contribution in [0.1, 0.15) is 5.69 Å². The normalized spacial score (nSPS) is 12.9. The van der Waals surface area contributed by atoms with Crippen molar-refractivity contribution in [2.75, 3.05) is 12.3 Å². The van der Waals surface area contributed by atoms with Crippen molar-refractivity contribution in [1.82, 2.24) is 10.3 Å². The molecule has 9 nitrogen and oxygen atoms in total. The molecule has 1 aromatic carbocycles. The first kappa shape index (κ1) is 18.9. The van der Waals surface area contributed by atoms with Gasteiger partial charge in [-0.2, -0.15) is 0 Å². The summed E-state index contributed by atoms with van der Waals surface area (Å²) in [6, 6.07) is 4.26. The second-order valence-corrected chi connectivity index (χ2v) is 6.32. The number of amidine groups is 1. The van der Waals surface area contributed by atoms with Crippen LogP contribution in [0, 0.1) is 5.82 Å². The lowest BCUT2D eigenvalue weighted by molar-refractivity contribution is 0.298. The fraction of sp³-hybridized carbons (Fsp3) is 0.154. The van der Waals surface area contributed by atoms with Gasteiger partial charge in [-0.3, -0.25) is 4.99 Å². The molecule has 0 saturated carbocycles. The largest absolute Gasteiger partial charge is 0.390 e. The van der Waals surface area contributed by atoms with Crippen LogP contribution in [-0.2, 0) is 0 Å². The summed E-state index contributed by atoms with van der Waals surface area (Å²) >= 11 is 4.40. The first-order chi connectivity index (χ1) is 12.0. The predicted molar refractivity (Wildman–Crippen MR) is 98.7 cm³/mol. The Bertz CT molecular complexity index is 822. The fourth-order valence-electron chi connectivity index (χ4n) is 1.60. The number of nitrogens with two attached hydrogens (primary N) is 3. The van der Waals surface area contributed by atoms with E-state index in [-0.39, 0.29) is 16.3 Å². The summed E-state index contributed by atoms with van der Waals surface area (Å²) in [5.74, 6) is 0.329. The number of rotatable bonds is 6. The summed E-state index contributed by atoms with van der Waals surface area (Å²) in [7, 11) is 0. The summed E-state index contributed by atoms with van der Waals surface area (Å²) in [6.07, 6.45) is 1.07. The van der Waals surface area contributed by atoms with Gasteiger partial charge in [0.15, 0.2) is 16.6 Å². The van der Waals surface area contributed by atoms with E-state index >= 15 is 0 Å². The van der Waals surface area contributed by atoms with Gasteiger partial charge in [0.25, 0.3) is 0 Å². The topological polar surface area (TPSA) is 154 Å². The summed E-state index contributed by atoms with van der Waals surface area (Å²) in [6.45, 7) is 0.391. The maximum atomic E-state index is 13.2. The number of hydrogen-bond acceptors (Lipinski definition) is 6. The second kappa shape index (κ2) is 9.13. The van der Waals surface area contributed by atoms with E-state index in [1.807, 2.05) is 0 Å². The average molecular weight is 429 g/mol. The van der Waals surface area contributed by atoms with Gasteiger partial charge in [0.05, 0.1) is 23.0 Å². The molecule has 0 aliphatic rings. The van der Waals surface area contributed by atoms with Crippen molar-refractivity contribution in [3.8, 4) is 0 Å². The molecule has 132 valence electrons. The van der Waals surface area contributed by atoms with Gasteiger partial charge in [0, 0.05) is 5.75 Å². The molecule has 0 saturated heterocycles. The Labute approximate surface area is 154 Å². The van der Waals surface area contributed by atoms with E-state index < -0.39 is 5.82 Å². The van der Waals surface area contributed by atoms with Gasteiger partial charge in [-0.15, -0.1) is 0 Å². The molecule has 0 spiro atoms. The molecule has 0 amide bonds. The van der Waals surface area contributed by atoms with Crippen LogP contribution in [0.25, 0.3) is 0 Å². The standard InChI is InChI=1S/C13H14BrFN8OS/c14-8-5-7(1-2-9(8)15)21-11(17)10-12(23-24-22-10)25-4-3-19-13(18)20-6-16/h1-2,5-6H,3-4H2,(H2,17,21)(H4,16,18,19,20). The number of guanidine groups is 1. The highest BCUT2D eigenvalue weighted by Crippen LogP contribution is 2.24. The Morgan fingerprint density at radius 1 is 1.36 bits per heavy atom. The monoisotopic (exact) mass is 428 g/mol. The SMILES string of the molecule is N/C=N\C(N)=NCCSc1nonc1C(N)=Nc1ccc(F)c(Br)c1. The third kappa shape index (κ3) is 5.53. The van der Waals surface area contributed by atoms with Gasteiger partial charge in [-0.05, 0) is 44.4 Å². The van der Waals surface area contributed by atoms with Crippen LogP contribution >= 0.6 is 27.7 Å². The average Bonchev–Trinajstić information content (AvgIpc) is 3.04. The molecule has 0 aliphatic carbocycles. The van der Waals surface area contributed by atoms with E-state index in [1.54, 1.807) is 0 Å². The zero-order valence-corrected chi connectivity index (χ0v) is 15.2. The first-order valence-corrected chi connectivity index (χ1v) is 8.58. The molecule has 1 aromatic heterocycles. The summed E-state index contributed by atoms with van der Waals surface area (Å²) in [4.78, 5) is 11.8. The minimum absolute atomic E-state index is 0.0876. The van der Waals surface area contributed by atoms with E-state index in [2.05, 4.69) is 41.2 Å². The highest BCUT2D eigenvalue weighted by atomic mass is 79.9. The molecule has 0 unspecified atom stereocenters. The van der Waals surface area contributed by atoms with Crippen molar-refractivity contribution in [1.29, 1.82) is 0 Å². The maximum absolute atomic E-state index is 13.2. The Morgan fingerprint density at radius 2 is 2.16 bits per heavy atom. The molecule has 0 atom stereocenters. The van der Waals surface area contributed by atoms with E-state index in [0.29, 0.717) is 28.7 Å². The minimum Gasteiger partial charge on any atom is -0.390 e. The van der Waals surface area contributed by atoms with Crippen LogP contribution in [0.2, 0.25) is 0 Å². The van der Waals surface area contributed by atoms with Crippen molar-refractivity contribution < 1.29 is 9.02 Å². The molecular formula is C13H14BrFN8OS. The molecule has 25 heavy (non-hydrogen) atoms. The zero-order chi connectivity index (χ0) is 18.2. The van der Waals surface area contributed by atoms with Gasteiger partial charge in [-0.1, -0.05) is 11.8 Å². The van der Waals surface area contributed by atoms with E-state index in [4.69, 9.17) is 21.8 Å². The lowest BCUT2D eigenvalue weighted by atomic mass is 10.3. The van der Waals surface area contributed by atoms with Crippen LogP contribution in [0.5, 0.6) is 0 Å². The van der Waals surface area contributed by atoms with Crippen LogP contribution in [0.4, 0.5) is 10.1 Å². The van der Waals surface area contributed by atoms with E-state index in [0.717, 1.165) is 6.34 Å². The van der Waals surface area contributed by atoms with Crippen LogP contribution in [-0.4, -0.2) is 40.7 Å². The van der Waals surface area contributed by atoms with Crippen molar-refractivity contribution in [2.45, 2.75) is 5.03 Å². The van der Waals surface area contributed by atoms with Crippen LogP contribution in [0.15, 0.2) is 47.3 Å². The molecule has 0 radical (unpaired) electrons. The highest BCUT2D eigenvalue weighted by molar-refractivity contribution is 9.10. The molecule has 2 aromatic rings. The molecule has 1 heterocycles. The van der Waals surface area contributed by atoms with Crippen molar-refractivity contribution in [2.24, 2.45) is 32.2 Å². The summed E-state index contributed by atoms with van der Waals surface area (Å²) < 4.78 is 18.2. The van der Waals surface area contributed by atoms with Gasteiger partial charge < -0.3 is 17.2 Å². The lowest BCUT2D eigenvalue weighted by Gasteiger charge is -2.00. The quantitative estimate of drug-likeness (QED) is 0.271. The van der Waals surface area contributed by atoms with E-state index in [1.165, 1.54) is 30.0 Å². The molecule has 6 N–H and O–H groups in total. The van der Waals surface area contributed by atoms with Crippen LogP contribution < -0.4 is 17.2 Å². The fourth-order valence-corrected chi connectivity index (χ4v) is 2.71. The first-order valence-electron chi connectivity index (χ1n) is 6.80. The van der Waals surface area contributed by atoms with Gasteiger partial charge in [0.2, 0.25) is 5.96 Å². The third-order valence-corrected chi connectivity index (χ3v) is 4.20. The van der Waals surface area contributed by atoms with Crippen molar-refractivity contribution in [3.05, 3.63) is 34.2 Å².